The molecular formula is C16H10F3IN2O4. The SMILES string of the molecule is O=C1c2c(I)cc([N+](=O)[O-])cc2CN1Cc1ccc(OC(F)(F)F)cc1. The van der Waals surface area contributed by atoms with E-state index in [4.69, 9.17) is 0 Å². The van der Waals surface area contributed by atoms with E-state index in [-0.39, 0.29) is 30.4 Å². The Balaban J connectivity index is 1.76. The van der Waals surface area contributed by atoms with Crippen LogP contribution in [0.25, 0.3) is 0 Å². The summed E-state index contributed by atoms with van der Waals surface area (Å²) >= 11 is 1.88. The maximum atomic E-state index is 12.5. The molecule has 0 radical (unpaired) electrons. The zero-order valence-electron chi connectivity index (χ0n) is 12.9. The Morgan fingerprint density at radius 2 is 1.88 bits per heavy atom. The number of non-ortho nitro benzene ring substituents is 1. The summed E-state index contributed by atoms with van der Waals surface area (Å²) in [6.07, 6.45) is -4.76. The number of carbonyl (C=O) groups excluding carboxylic acids is 1. The monoisotopic (exact) mass is 478 g/mol. The average Bonchev–Trinajstić information content (AvgIpc) is 2.84. The van der Waals surface area contributed by atoms with Gasteiger partial charge in [0.15, 0.2) is 0 Å². The van der Waals surface area contributed by atoms with Gasteiger partial charge in [-0.3, -0.25) is 14.9 Å². The molecule has 0 N–H and O–H groups in total. The van der Waals surface area contributed by atoms with Crippen LogP contribution in [0.1, 0.15) is 21.5 Å². The van der Waals surface area contributed by atoms with Gasteiger partial charge in [-0.1, -0.05) is 12.1 Å². The zero-order chi connectivity index (χ0) is 19.1. The fourth-order valence-corrected chi connectivity index (χ4v) is 3.59. The molecule has 2 aromatic rings. The smallest absolute Gasteiger partial charge is 0.406 e. The molecule has 0 aromatic heterocycles. The number of ether oxygens (including phenoxy) is 1. The van der Waals surface area contributed by atoms with Crippen LogP contribution in [0.4, 0.5) is 18.9 Å². The van der Waals surface area contributed by atoms with Crippen molar-refractivity contribution >= 4 is 34.2 Å². The quantitative estimate of drug-likeness (QED) is 0.374. The molecule has 2 aromatic carbocycles. The van der Waals surface area contributed by atoms with E-state index in [2.05, 4.69) is 4.74 Å². The zero-order valence-corrected chi connectivity index (χ0v) is 15.1. The normalized spacial score (nSPS) is 13.7. The van der Waals surface area contributed by atoms with E-state index in [9.17, 15) is 28.1 Å². The van der Waals surface area contributed by atoms with Crippen molar-refractivity contribution in [3.8, 4) is 5.75 Å². The predicted octanol–water partition coefficient (Wildman–Crippen LogP) is 4.25. The molecule has 0 fully saturated rings. The molecule has 0 aliphatic carbocycles. The van der Waals surface area contributed by atoms with Crippen LogP contribution in [-0.2, 0) is 13.1 Å². The third-order valence-electron chi connectivity index (χ3n) is 3.76. The van der Waals surface area contributed by atoms with Crippen molar-refractivity contribution in [1.82, 2.24) is 4.90 Å². The van der Waals surface area contributed by atoms with Crippen LogP contribution in [0.15, 0.2) is 36.4 Å². The Hall–Kier alpha value is -2.37. The molecule has 3 rings (SSSR count). The van der Waals surface area contributed by atoms with E-state index in [0.717, 1.165) is 0 Å². The van der Waals surface area contributed by atoms with Gasteiger partial charge in [0, 0.05) is 28.8 Å². The molecule has 1 aliphatic heterocycles. The Morgan fingerprint density at radius 3 is 2.46 bits per heavy atom. The number of halogens is 4. The first-order chi connectivity index (χ1) is 12.1. The lowest BCUT2D eigenvalue weighted by molar-refractivity contribution is -0.385. The summed E-state index contributed by atoms with van der Waals surface area (Å²) in [5.41, 5.74) is 1.51. The summed E-state index contributed by atoms with van der Waals surface area (Å²) < 4.78 is 40.8. The van der Waals surface area contributed by atoms with Crippen molar-refractivity contribution in [3.63, 3.8) is 0 Å². The Kier molecular flexibility index (Phi) is 4.78. The molecular weight excluding hydrogens is 468 g/mol. The number of alkyl halides is 3. The minimum atomic E-state index is -4.76. The Bertz CT molecular complexity index is 884. The molecule has 0 saturated carbocycles. The number of carbonyl (C=O) groups is 1. The highest BCUT2D eigenvalue weighted by Gasteiger charge is 2.32. The molecule has 6 nitrogen and oxygen atoms in total. The van der Waals surface area contributed by atoms with Crippen molar-refractivity contribution in [1.29, 1.82) is 0 Å². The van der Waals surface area contributed by atoms with Crippen molar-refractivity contribution in [2.45, 2.75) is 19.5 Å². The maximum Gasteiger partial charge on any atom is 0.573 e. The molecule has 0 atom stereocenters. The van der Waals surface area contributed by atoms with E-state index in [1.54, 1.807) is 0 Å². The van der Waals surface area contributed by atoms with Gasteiger partial charge in [0.2, 0.25) is 0 Å². The standard InChI is InChI=1S/C16H10F3IN2O4/c17-16(18,19)26-12-3-1-9(2-4-12)7-21-8-10-5-11(22(24)25)6-13(20)14(10)15(21)23/h1-6H,7-8H2. The minimum absolute atomic E-state index is 0.0866. The lowest BCUT2D eigenvalue weighted by Crippen LogP contribution is -2.23. The number of rotatable bonds is 4. The number of benzene rings is 2. The second-order valence-electron chi connectivity index (χ2n) is 5.57. The maximum absolute atomic E-state index is 12.5. The summed E-state index contributed by atoms with van der Waals surface area (Å²) in [5.74, 6) is -0.614. The summed E-state index contributed by atoms with van der Waals surface area (Å²) in [6.45, 7) is 0.371. The Labute approximate surface area is 158 Å². The first-order valence-corrected chi connectivity index (χ1v) is 8.33. The van der Waals surface area contributed by atoms with Crippen molar-refractivity contribution < 1.29 is 27.6 Å². The molecule has 1 aliphatic rings. The first kappa shape index (κ1) is 18.4. The van der Waals surface area contributed by atoms with Crippen molar-refractivity contribution in [2.24, 2.45) is 0 Å². The van der Waals surface area contributed by atoms with E-state index >= 15 is 0 Å². The number of fused-ring (bicyclic) bond motifs is 1. The molecule has 136 valence electrons. The summed E-state index contributed by atoms with van der Waals surface area (Å²) in [6, 6.07) is 7.92. The lowest BCUT2D eigenvalue weighted by atomic mass is 10.1. The number of amides is 1. The van der Waals surface area contributed by atoms with Gasteiger partial charge in [0.05, 0.1) is 10.5 Å². The second-order valence-corrected chi connectivity index (χ2v) is 6.73. The van der Waals surface area contributed by atoms with Crippen LogP contribution in [0.3, 0.4) is 0 Å². The lowest BCUT2D eigenvalue weighted by Gasteiger charge is -2.16. The van der Waals surface area contributed by atoms with E-state index in [1.807, 2.05) is 22.6 Å². The molecule has 26 heavy (non-hydrogen) atoms. The number of nitro groups is 1. The summed E-state index contributed by atoms with van der Waals surface area (Å²) in [7, 11) is 0. The number of hydrogen-bond acceptors (Lipinski definition) is 4. The molecule has 0 bridgehead atoms. The first-order valence-electron chi connectivity index (χ1n) is 7.25. The van der Waals surface area contributed by atoms with Crippen molar-refractivity contribution in [2.75, 3.05) is 0 Å². The summed E-state index contributed by atoms with van der Waals surface area (Å²) in [5, 5.41) is 10.9. The van der Waals surface area contributed by atoms with Crippen LogP contribution >= 0.6 is 22.6 Å². The van der Waals surface area contributed by atoms with Gasteiger partial charge in [-0.05, 0) is 45.9 Å². The van der Waals surface area contributed by atoms with E-state index < -0.39 is 11.3 Å². The van der Waals surface area contributed by atoms with Crippen LogP contribution < -0.4 is 4.74 Å². The van der Waals surface area contributed by atoms with E-state index in [1.165, 1.54) is 41.3 Å². The van der Waals surface area contributed by atoms with Crippen LogP contribution in [-0.4, -0.2) is 22.1 Å². The third kappa shape index (κ3) is 3.89. The van der Waals surface area contributed by atoms with Gasteiger partial charge >= 0.3 is 6.36 Å². The highest BCUT2D eigenvalue weighted by atomic mass is 127. The molecule has 10 heteroatoms. The largest absolute Gasteiger partial charge is 0.573 e. The number of nitrogens with zero attached hydrogens (tertiary/aromatic N) is 2. The molecule has 1 heterocycles. The molecule has 0 saturated heterocycles. The summed E-state index contributed by atoms with van der Waals surface area (Å²) in [4.78, 5) is 24.4. The van der Waals surface area contributed by atoms with Gasteiger partial charge in [-0.15, -0.1) is 13.2 Å². The minimum Gasteiger partial charge on any atom is -0.406 e. The Morgan fingerprint density at radius 1 is 1.23 bits per heavy atom. The van der Waals surface area contributed by atoms with Gasteiger partial charge in [-0.25, -0.2) is 0 Å². The molecule has 0 unspecified atom stereocenters. The van der Waals surface area contributed by atoms with Crippen LogP contribution in [0, 0.1) is 13.7 Å². The highest BCUT2D eigenvalue weighted by Crippen LogP contribution is 2.32. The fourth-order valence-electron chi connectivity index (χ4n) is 2.70. The van der Waals surface area contributed by atoms with Gasteiger partial charge in [-0.2, -0.15) is 0 Å². The fraction of sp³-hybridized carbons (Fsp3) is 0.188. The second kappa shape index (κ2) is 6.74. The van der Waals surface area contributed by atoms with Gasteiger partial charge < -0.3 is 9.64 Å². The highest BCUT2D eigenvalue weighted by molar-refractivity contribution is 14.1. The van der Waals surface area contributed by atoms with E-state index in [0.29, 0.717) is 20.3 Å². The topological polar surface area (TPSA) is 72.7 Å². The van der Waals surface area contributed by atoms with Crippen LogP contribution in [0.5, 0.6) is 5.75 Å². The van der Waals surface area contributed by atoms with Gasteiger partial charge in [0.25, 0.3) is 11.6 Å². The van der Waals surface area contributed by atoms with Crippen molar-refractivity contribution in [3.05, 3.63) is 66.8 Å². The average molecular weight is 478 g/mol. The third-order valence-corrected chi connectivity index (χ3v) is 4.61. The van der Waals surface area contributed by atoms with Crippen LogP contribution in [0.2, 0.25) is 0 Å². The number of hydrogen-bond donors (Lipinski definition) is 0. The predicted molar refractivity (Wildman–Crippen MR) is 92.5 cm³/mol. The van der Waals surface area contributed by atoms with Gasteiger partial charge in [0.1, 0.15) is 5.75 Å². The molecule has 1 amide bonds. The molecule has 0 spiro atoms. The number of nitro benzene ring substituents is 1.